The maximum atomic E-state index is 9.07. The topological polar surface area (TPSA) is 58.6 Å². The Kier molecular flexibility index (Phi) is 2.87. The number of rotatable bonds is 2. The van der Waals surface area contributed by atoms with E-state index in [4.69, 9.17) is 10.9 Å². The summed E-state index contributed by atoms with van der Waals surface area (Å²) in [4.78, 5) is 0. The molecule has 3 heteroatoms. The van der Waals surface area contributed by atoms with Gasteiger partial charge in [0.1, 0.15) is 5.71 Å². The van der Waals surface area contributed by atoms with Gasteiger partial charge >= 0.3 is 0 Å². The minimum Gasteiger partial charge on any atom is -0.410 e. The Labute approximate surface area is 93.8 Å². The molecule has 0 amide bonds. The van der Waals surface area contributed by atoms with Crippen molar-refractivity contribution >= 4 is 11.4 Å². The van der Waals surface area contributed by atoms with Gasteiger partial charge in [0.05, 0.1) is 0 Å². The summed E-state index contributed by atoms with van der Waals surface area (Å²) in [6.07, 6.45) is 0. The first-order valence-electron chi connectivity index (χ1n) is 4.94. The highest BCUT2D eigenvalue weighted by atomic mass is 16.4. The summed E-state index contributed by atoms with van der Waals surface area (Å²) in [7, 11) is 0. The van der Waals surface area contributed by atoms with Crippen molar-refractivity contribution in [2.75, 3.05) is 5.73 Å². The molecule has 3 nitrogen and oxygen atoms in total. The van der Waals surface area contributed by atoms with Crippen molar-refractivity contribution in [1.29, 1.82) is 0 Å². The maximum absolute atomic E-state index is 9.07. The predicted octanol–water partition coefficient (Wildman–Crippen LogP) is 2.50. The van der Waals surface area contributed by atoms with E-state index in [0.29, 0.717) is 11.4 Å². The van der Waals surface area contributed by atoms with Crippen LogP contribution < -0.4 is 5.73 Å². The van der Waals surface area contributed by atoms with Crippen LogP contribution in [-0.4, -0.2) is 10.9 Å². The summed E-state index contributed by atoms with van der Waals surface area (Å²) in [6.45, 7) is 0. The van der Waals surface area contributed by atoms with Crippen LogP contribution in [0.5, 0.6) is 0 Å². The van der Waals surface area contributed by atoms with Crippen LogP contribution in [0.3, 0.4) is 0 Å². The van der Waals surface area contributed by atoms with Crippen LogP contribution in [0.15, 0.2) is 59.8 Å². The molecular formula is C13H12N2O. The molecule has 0 saturated heterocycles. The fourth-order valence-corrected chi connectivity index (χ4v) is 1.56. The Morgan fingerprint density at radius 2 is 1.62 bits per heavy atom. The van der Waals surface area contributed by atoms with Gasteiger partial charge in [-0.1, -0.05) is 47.6 Å². The fraction of sp³-hybridized carbons (Fsp3) is 0. The van der Waals surface area contributed by atoms with Crippen molar-refractivity contribution in [2.24, 2.45) is 5.16 Å². The lowest BCUT2D eigenvalue weighted by atomic mass is 10.0. The summed E-state index contributed by atoms with van der Waals surface area (Å²) in [5, 5.41) is 12.4. The summed E-state index contributed by atoms with van der Waals surface area (Å²) >= 11 is 0. The van der Waals surface area contributed by atoms with E-state index in [0.717, 1.165) is 11.1 Å². The molecule has 0 aliphatic carbocycles. The molecule has 0 radical (unpaired) electrons. The normalized spacial score (nSPS) is 11.4. The first-order valence-corrected chi connectivity index (χ1v) is 4.94. The lowest BCUT2D eigenvalue weighted by Gasteiger charge is -2.05. The highest BCUT2D eigenvalue weighted by Gasteiger charge is 2.06. The molecule has 2 aromatic carbocycles. The lowest BCUT2D eigenvalue weighted by Crippen LogP contribution is -2.03. The number of nitrogens with two attached hydrogens (primary N) is 1. The molecule has 0 heterocycles. The number of oxime groups is 1. The highest BCUT2D eigenvalue weighted by molar-refractivity contribution is 6.12. The van der Waals surface area contributed by atoms with E-state index in [9.17, 15) is 0 Å². The third-order valence-electron chi connectivity index (χ3n) is 2.31. The lowest BCUT2D eigenvalue weighted by molar-refractivity contribution is 0.319. The molecule has 0 aromatic heterocycles. The van der Waals surface area contributed by atoms with E-state index < -0.39 is 0 Å². The van der Waals surface area contributed by atoms with Gasteiger partial charge < -0.3 is 10.9 Å². The van der Waals surface area contributed by atoms with Crippen LogP contribution in [0.1, 0.15) is 11.1 Å². The van der Waals surface area contributed by atoms with Gasteiger partial charge in [-0.2, -0.15) is 0 Å². The molecule has 0 fully saturated rings. The van der Waals surface area contributed by atoms with Crippen molar-refractivity contribution < 1.29 is 5.21 Å². The third kappa shape index (κ3) is 2.03. The average molecular weight is 212 g/mol. The van der Waals surface area contributed by atoms with Gasteiger partial charge in [-0.05, 0) is 12.1 Å². The second-order valence-electron chi connectivity index (χ2n) is 3.44. The molecule has 0 atom stereocenters. The third-order valence-corrected chi connectivity index (χ3v) is 2.31. The number of hydrogen-bond donors (Lipinski definition) is 2. The molecule has 16 heavy (non-hydrogen) atoms. The summed E-state index contributed by atoms with van der Waals surface area (Å²) < 4.78 is 0. The van der Waals surface area contributed by atoms with Crippen molar-refractivity contribution in [2.45, 2.75) is 0 Å². The number of nitrogens with zero attached hydrogens (tertiary/aromatic N) is 1. The molecule has 3 N–H and O–H groups in total. The van der Waals surface area contributed by atoms with Crippen molar-refractivity contribution in [3.63, 3.8) is 0 Å². The van der Waals surface area contributed by atoms with E-state index in [1.807, 2.05) is 42.5 Å². The molecule has 0 aliphatic rings. The van der Waals surface area contributed by atoms with E-state index in [-0.39, 0.29) is 0 Å². The number of benzene rings is 2. The number of nitrogen functional groups attached to an aromatic ring is 1. The summed E-state index contributed by atoms with van der Waals surface area (Å²) in [5.41, 5.74) is 8.52. The summed E-state index contributed by atoms with van der Waals surface area (Å²) in [5.74, 6) is 0. The van der Waals surface area contributed by atoms with Crippen molar-refractivity contribution in [3.05, 3.63) is 65.7 Å². The Morgan fingerprint density at radius 1 is 0.938 bits per heavy atom. The highest BCUT2D eigenvalue weighted by Crippen LogP contribution is 2.13. The van der Waals surface area contributed by atoms with Gasteiger partial charge in [0.25, 0.3) is 0 Å². The van der Waals surface area contributed by atoms with E-state index in [1.165, 1.54) is 0 Å². The van der Waals surface area contributed by atoms with Crippen LogP contribution in [0.25, 0.3) is 0 Å². The zero-order valence-corrected chi connectivity index (χ0v) is 8.67. The average Bonchev–Trinajstić information content (AvgIpc) is 2.31. The molecule has 0 aliphatic heterocycles. The maximum Gasteiger partial charge on any atom is 0.117 e. The molecular weight excluding hydrogens is 200 g/mol. The van der Waals surface area contributed by atoms with Crippen LogP contribution >= 0.6 is 0 Å². The van der Waals surface area contributed by atoms with Gasteiger partial charge in [-0.3, -0.25) is 0 Å². The van der Waals surface area contributed by atoms with Crippen molar-refractivity contribution in [1.82, 2.24) is 0 Å². The minimum atomic E-state index is 0.521. The van der Waals surface area contributed by atoms with E-state index in [2.05, 4.69) is 5.16 Å². The predicted molar refractivity (Wildman–Crippen MR) is 64.7 cm³/mol. The smallest absolute Gasteiger partial charge is 0.117 e. The first kappa shape index (κ1) is 10.2. The molecule has 2 aromatic rings. The van der Waals surface area contributed by atoms with Crippen LogP contribution in [0.2, 0.25) is 0 Å². The minimum absolute atomic E-state index is 0.521. The zero-order valence-electron chi connectivity index (χ0n) is 8.67. The standard InChI is InChI=1S/C13H12N2O/c14-12-8-4-7-11(9-12)13(15-16)10-5-2-1-3-6-10/h1-9,16H,14H2/b15-13-. The zero-order chi connectivity index (χ0) is 11.4. The molecule has 0 saturated carbocycles. The van der Waals surface area contributed by atoms with Gasteiger partial charge in [0, 0.05) is 16.8 Å². The van der Waals surface area contributed by atoms with Gasteiger partial charge in [-0.25, -0.2) is 0 Å². The molecule has 0 unspecified atom stereocenters. The van der Waals surface area contributed by atoms with Gasteiger partial charge in [-0.15, -0.1) is 0 Å². The van der Waals surface area contributed by atoms with Crippen LogP contribution in [0.4, 0.5) is 5.69 Å². The van der Waals surface area contributed by atoms with E-state index in [1.54, 1.807) is 12.1 Å². The first-order chi connectivity index (χ1) is 7.81. The Balaban J connectivity index is 2.46. The molecule has 0 bridgehead atoms. The molecule has 2 rings (SSSR count). The second-order valence-corrected chi connectivity index (χ2v) is 3.44. The molecule has 80 valence electrons. The van der Waals surface area contributed by atoms with Crippen LogP contribution in [0, 0.1) is 0 Å². The second kappa shape index (κ2) is 4.49. The fourth-order valence-electron chi connectivity index (χ4n) is 1.56. The van der Waals surface area contributed by atoms with Crippen LogP contribution in [-0.2, 0) is 0 Å². The molecule has 0 spiro atoms. The van der Waals surface area contributed by atoms with Gasteiger partial charge in [0.2, 0.25) is 0 Å². The largest absolute Gasteiger partial charge is 0.410 e. The summed E-state index contributed by atoms with van der Waals surface area (Å²) in [6, 6.07) is 16.7. The number of anilines is 1. The van der Waals surface area contributed by atoms with E-state index >= 15 is 0 Å². The van der Waals surface area contributed by atoms with Gasteiger partial charge in [0.15, 0.2) is 0 Å². The van der Waals surface area contributed by atoms with Crippen molar-refractivity contribution in [3.8, 4) is 0 Å². The quantitative estimate of drug-likeness (QED) is 0.348. The SMILES string of the molecule is Nc1cccc(/C(=N\O)c2ccccc2)c1. The Bertz CT molecular complexity index is 506. The Hall–Kier alpha value is -2.29. The number of hydrogen-bond acceptors (Lipinski definition) is 3. The Morgan fingerprint density at radius 3 is 2.25 bits per heavy atom. The monoisotopic (exact) mass is 212 g/mol.